The van der Waals surface area contributed by atoms with Gasteiger partial charge in [-0.2, -0.15) is 0 Å². The van der Waals surface area contributed by atoms with Gasteiger partial charge in [0.15, 0.2) is 5.65 Å². The van der Waals surface area contributed by atoms with Crippen molar-refractivity contribution in [3.8, 4) is 0 Å². The van der Waals surface area contributed by atoms with Crippen LogP contribution in [0, 0.1) is 6.92 Å². The van der Waals surface area contributed by atoms with Crippen molar-refractivity contribution in [2.75, 3.05) is 0 Å². The molecule has 0 radical (unpaired) electrons. The second-order valence-corrected chi connectivity index (χ2v) is 8.50. The summed E-state index contributed by atoms with van der Waals surface area (Å²) in [5.41, 5.74) is 3.95. The third kappa shape index (κ3) is 2.40. The van der Waals surface area contributed by atoms with E-state index in [0.29, 0.717) is 0 Å². The second-order valence-electron chi connectivity index (χ2n) is 6.00. The summed E-state index contributed by atoms with van der Waals surface area (Å²) in [6.45, 7) is 6.30. The van der Waals surface area contributed by atoms with Crippen molar-refractivity contribution in [3.05, 3.63) is 52.4 Å². The van der Waals surface area contributed by atoms with Crippen LogP contribution in [0.1, 0.15) is 25.0 Å². The zero-order valence-corrected chi connectivity index (χ0v) is 15.4. The Kier molecular flexibility index (Phi) is 3.35. The number of fused-ring (bicyclic) bond motifs is 2. The third-order valence-corrected chi connectivity index (χ3v) is 5.81. The number of benzene rings is 1. The largest absolute Gasteiger partial charge is 0.267 e. The minimum Gasteiger partial charge on any atom is -0.267 e. The van der Waals surface area contributed by atoms with Gasteiger partial charge in [-0.25, -0.2) is 15.0 Å². The number of imidazole rings is 1. The molecule has 4 rings (SSSR count). The molecule has 0 aliphatic carbocycles. The number of aliphatic imine (C=N–C) groups is 1. The Labute approximate surface area is 147 Å². The molecule has 23 heavy (non-hydrogen) atoms. The van der Waals surface area contributed by atoms with Crippen LogP contribution in [0.3, 0.4) is 0 Å². The molecular weight excluding hydrogens is 372 g/mol. The molecule has 3 heterocycles. The van der Waals surface area contributed by atoms with E-state index in [1.165, 1.54) is 4.90 Å². The van der Waals surface area contributed by atoms with Crippen molar-refractivity contribution >= 4 is 44.7 Å². The van der Waals surface area contributed by atoms with E-state index in [-0.39, 0.29) is 4.87 Å². The molecule has 3 aromatic rings. The van der Waals surface area contributed by atoms with E-state index in [9.17, 15) is 0 Å². The average Bonchev–Trinajstić information content (AvgIpc) is 2.94. The summed E-state index contributed by atoms with van der Waals surface area (Å²) in [4.78, 5) is 15.1. The monoisotopic (exact) mass is 386 g/mol. The van der Waals surface area contributed by atoms with Crippen LogP contribution in [-0.2, 0) is 0 Å². The van der Waals surface area contributed by atoms with E-state index >= 15 is 0 Å². The SMILES string of the molecule is Cc1c(Br)cnc2c1ncn2C1=NC(C)(C)Sc2ccccc21. The van der Waals surface area contributed by atoms with Gasteiger partial charge in [-0.3, -0.25) is 4.57 Å². The standard InChI is InChI=1S/C17H15BrN4S/c1-10-12(18)8-19-16-14(10)20-9-22(16)15-11-6-4-5-7-13(11)23-17(2,3)21-15/h4-9H,1-3H3. The van der Waals surface area contributed by atoms with E-state index in [1.807, 2.05) is 30.1 Å². The predicted molar refractivity (Wildman–Crippen MR) is 98.3 cm³/mol. The van der Waals surface area contributed by atoms with Gasteiger partial charge in [-0.1, -0.05) is 30.0 Å². The molecular formula is C17H15BrN4S. The topological polar surface area (TPSA) is 43.1 Å². The molecule has 0 bridgehead atoms. The summed E-state index contributed by atoms with van der Waals surface area (Å²) in [6, 6.07) is 8.36. The first-order valence-electron chi connectivity index (χ1n) is 7.33. The minimum atomic E-state index is -0.218. The highest BCUT2D eigenvalue weighted by atomic mass is 79.9. The predicted octanol–water partition coefficient (Wildman–Crippen LogP) is 4.64. The van der Waals surface area contributed by atoms with E-state index in [1.54, 1.807) is 11.8 Å². The molecule has 0 fully saturated rings. The van der Waals surface area contributed by atoms with Gasteiger partial charge in [0, 0.05) is 21.1 Å². The summed E-state index contributed by atoms with van der Waals surface area (Å²) >= 11 is 5.30. The van der Waals surface area contributed by atoms with Crippen LogP contribution in [0.4, 0.5) is 0 Å². The molecule has 1 aliphatic heterocycles. The summed E-state index contributed by atoms with van der Waals surface area (Å²) < 4.78 is 2.96. The maximum absolute atomic E-state index is 4.95. The molecule has 1 aromatic carbocycles. The molecule has 0 saturated heterocycles. The number of halogens is 1. The number of hydrogen-bond donors (Lipinski definition) is 0. The summed E-state index contributed by atoms with van der Waals surface area (Å²) in [5, 5.41) is 0. The summed E-state index contributed by atoms with van der Waals surface area (Å²) in [5.74, 6) is 0.904. The lowest BCUT2D eigenvalue weighted by atomic mass is 10.2. The van der Waals surface area contributed by atoms with Crippen LogP contribution in [0.5, 0.6) is 0 Å². The Morgan fingerprint density at radius 1 is 1.17 bits per heavy atom. The molecule has 4 nitrogen and oxygen atoms in total. The number of rotatable bonds is 0. The molecule has 0 amide bonds. The van der Waals surface area contributed by atoms with E-state index in [0.717, 1.165) is 32.6 Å². The third-order valence-electron chi connectivity index (χ3n) is 3.85. The summed E-state index contributed by atoms with van der Waals surface area (Å²) in [6.07, 6.45) is 3.64. The quantitative estimate of drug-likeness (QED) is 0.565. The molecule has 1 aliphatic rings. The first-order valence-corrected chi connectivity index (χ1v) is 8.94. The highest BCUT2D eigenvalue weighted by molar-refractivity contribution is 9.10. The lowest BCUT2D eigenvalue weighted by Crippen LogP contribution is -2.25. The second kappa shape index (κ2) is 5.18. The summed E-state index contributed by atoms with van der Waals surface area (Å²) in [7, 11) is 0. The zero-order valence-electron chi connectivity index (χ0n) is 13.0. The van der Waals surface area contributed by atoms with Crippen LogP contribution >= 0.6 is 27.7 Å². The van der Waals surface area contributed by atoms with Gasteiger partial charge in [0.2, 0.25) is 0 Å². The van der Waals surface area contributed by atoms with Crippen LogP contribution in [0.2, 0.25) is 0 Å². The highest BCUT2D eigenvalue weighted by Crippen LogP contribution is 2.40. The molecule has 0 atom stereocenters. The minimum absolute atomic E-state index is 0.218. The number of thioether (sulfide) groups is 1. The van der Waals surface area contributed by atoms with Crippen molar-refractivity contribution in [3.63, 3.8) is 0 Å². The van der Waals surface area contributed by atoms with E-state index < -0.39 is 0 Å². The number of pyridine rings is 1. The molecule has 0 unspecified atom stereocenters. The normalized spacial score (nSPS) is 16.3. The molecule has 0 N–H and O–H groups in total. The van der Waals surface area contributed by atoms with Gasteiger partial charge in [0.05, 0.1) is 0 Å². The molecule has 116 valence electrons. The molecule has 0 saturated carbocycles. The lowest BCUT2D eigenvalue weighted by molar-refractivity contribution is 0.747. The van der Waals surface area contributed by atoms with Gasteiger partial charge in [-0.05, 0) is 48.3 Å². The average molecular weight is 387 g/mol. The van der Waals surface area contributed by atoms with Crippen molar-refractivity contribution in [2.45, 2.75) is 30.5 Å². The van der Waals surface area contributed by atoms with Crippen LogP contribution in [0.25, 0.3) is 11.2 Å². The van der Waals surface area contributed by atoms with Crippen molar-refractivity contribution in [1.82, 2.24) is 14.5 Å². The van der Waals surface area contributed by atoms with Crippen molar-refractivity contribution in [2.24, 2.45) is 4.99 Å². The van der Waals surface area contributed by atoms with E-state index in [2.05, 4.69) is 57.9 Å². The van der Waals surface area contributed by atoms with Gasteiger partial charge >= 0.3 is 0 Å². The Morgan fingerprint density at radius 2 is 1.96 bits per heavy atom. The van der Waals surface area contributed by atoms with Crippen LogP contribution < -0.4 is 0 Å². The smallest absolute Gasteiger partial charge is 0.166 e. The first kappa shape index (κ1) is 14.9. The van der Waals surface area contributed by atoms with Crippen LogP contribution in [-0.4, -0.2) is 25.2 Å². The number of aromatic nitrogens is 3. The van der Waals surface area contributed by atoms with Gasteiger partial charge in [0.25, 0.3) is 0 Å². The van der Waals surface area contributed by atoms with Crippen molar-refractivity contribution in [1.29, 1.82) is 0 Å². The van der Waals surface area contributed by atoms with Gasteiger partial charge < -0.3 is 0 Å². The van der Waals surface area contributed by atoms with Crippen LogP contribution in [0.15, 0.2) is 51.2 Å². The Hall–Kier alpha value is -1.66. The fourth-order valence-corrected chi connectivity index (χ4v) is 4.12. The van der Waals surface area contributed by atoms with Gasteiger partial charge in [-0.15, -0.1) is 0 Å². The number of aryl methyl sites for hydroxylation is 1. The molecule has 0 spiro atoms. The Bertz CT molecular complexity index is 958. The van der Waals surface area contributed by atoms with E-state index in [4.69, 9.17) is 4.99 Å². The fraction of sp³-hybridized carbons (Fsp3) is 0.235. The van der Waals surface area contributed by atoms with Gasteiger partial charge in [0.1, 0.15) is 22.6 Å². The highest BCUT2D eigenvalue weighted by Gasteiger charge is 2.29. The first-order chi connectivity index (χ1) is 11.0. The lowest BCUT2D eigenvalue weighted by Gasteiger charge is -2.28. The number of hydrogen-bond acceptors (Lipinski definition) is 4. The number of nitrogens with zero attached hydrogens (tertiary/aromatic N) is 4. The van der Waals surface area contributed by atoms with Crippen molar-refractivity contribution < 1.29 is 0 Å². The Balaban J connectivity index is 2.00. The maximum atomic E-state index is 4.95. The Morgan fingerprint density at radius 3 is 2.78 bits per heavy atom. The molecule has 6 heteroatoms. The maximum Gasteiger partial charge on any atom is 0.166 e. The molecule has 2 aromatic heterocycles. The fourth-order valence-electron chi connectivity index (χ4n) is 2.74. The zero-order chi connectivity index (χ0) is 16.2.